The lowest BCUT2D eigenvalue weighted by atomic mass is 10.0. The standard InChI is InChI=1S/C26H24ClN5O4S/c1-3-18-13-20(24(35)19-9-4-5-10-21(19)27)25(37-18)32-15(2)30-31-22(32)14-28-26(36)29-17-8-6-7-16(11-17)12-23(33)34/h4-11,13H,3,12,14H2,1-2H3,(H,33,34)(H2,28,29,36). The number of aliphatic carboxylic acids is 1. The van der Waals surface area contributed by atoms with Gasteiger partial charge in [0.1, 0.15) is 10.8 Å². The Labute approximate surface area is 222 Å². The molecular formula is C26H24ClN5O4S. The maximum atomic E-state index is 13.5. The number of halogens is 1. The molecule has 0 atom stereocenters. The summed E-state index contributed by atoms with van der Waals surface area (Å²) < 4.78 is 1.77. The van der Waals surface area contributed by atoms with Crippen molar-refractivity contribution in [2.75, 3.05) is 5.32 Å². The Bertz CT molecular complexity index is 1480. The largest absolute Gasteiger partial charge is 0.481 e. The summed E-state index contributed by atoms with van der Waals surface area (Å²) in [4.78, 5) is 38.0. The van der Waals surface area contributed by atoms with Gasteiger partial charge in [-0.15, -0.1) is 21.5 Å². The molecule has 2 aromatic carbocycles. The first kappa shape index (κ1) is 26.1. The molecule has 0 fully saturated rings. The summed E-state index contributed by atoms with van der Waals surface area (Å²) in [6.45, 7) is 3.83. The average molecular weight is 538 g/mol. The van der Waals surface area contributed by atoms with E-state index in [2.05, 4.69) is 20.8 Å². The van der Waals surface area contributed by atoms with Gasteiger partial charge in [0.2, 0.25) is 0 Å². The highest BCUT2D eigenvalue weighted by Gasteiger charge is 2.24. The third kappa shape index (κ3) is 6.04. The van der Waals surface area contributed by atoms with Crippen LogP contribution in [0.5, 0.6) is 0 Å². The van der Waals surface area contributed by atoms with E-state index in [-0.39, 0.29) is 18.7 Å². The van der Waals surface area contributed by atoms with Crippen LogP contribution in [0.2, 0.25) is 5.02 Å². The summed E-state index contributed by atoms with van der Waals surface area (Å²) in [6.07, 6.45) is 0.598. The number of aryl methyl sites for hydroxylation is 2. The molecule has 37 heavy (non-hydrogen) atoms. The zero-order chi connectivity index (χ0) is 26.5. The number of carboxylic acid groups (broad SMARTS) is 1. The molecule has 0 saturated carbocycles. The number of hydrogen-bond acceptors (Lipinski definition) is 6. The lowest BCUT2D eigenvalue weighted by molar-refractivity contribution is -0.136. The minimum absolute atomic E-state index is 0.0422. The van der Waals surface area contributed by atoms with E-state index in [1.807, 2.05) is 13.0 Å². The molecular weight excluding hydrogens is 514 g/mol. The van der Waals surface area contributed by atoms with E-state index < -0.39 is 12.0 Å². The van der Waals surface area contributed by atoms with Crippen molar-refractivity contribution < 1.29 is 19.5 Å². The molecule has 190 valence electrons. The summed E-state index contributed by atoms with van der Waals surface area (Å²) in [7, 11) is 0. The monoisotopic (exact) mass is 537 g/mol. The van der Waals surface area contributed by atoms with Gasteiger partial charge in [0, 0.05) is 16.1 Å². The van der Waals surface area contributed by atoms with Gasteiger partial charge in [0.15, 0.2) is 11.6 Å². The number of aromatic nitrogens is 3. The van der Waals surface area contributed by atoms with E-state index >= 15 is 0 Å². The van der Waals surface area contributed by atoms with E-state index in [0.717, 1.165) is 11.3 Å². The Morgan fingerprint density at radius 1 is 1.05 bits per heavy atom. The van der Waals surface area contributed by atoms with Gasteiger partial charge < -0.3 is 15.7 Å². The van der Waals surface area contributed by atoms with E-state index in [1.165, 1.54) is 11.3 Å². The quantitative estimate of drug-likeness (QED) is 0.257. The van der Waals surface area contributed by atoms with Crippen molar-refractivity contribution >= 4 is 46.4 Å². The van der Waals surface area contributed by atoms with Gasteiger partial charge in [-0.3, -0.25) is 14.2 Å². The number of carbonyl (C=O) groups is 3. The molecule has 0 aliphatic rings. The van der Waals surface area contributed by atoms with Crippen molar-refractivity contribution in [3.05, 3.63) is 92.8 Å². The first-order valence-electron chi connectivity index (χ1n) is 11.5. The number of benzene rings is 2. The van der Waals surface area contributed by atoms with Gasteiger partial charge >= 0.3 is 12.0 Å². The Morgan fingerprint density at radius 3 is 2.57 bits per heavy atom. The molecule has 3 N–H and O–H groups in total. The number of anilines is 1. The number of thiophene rings is 1. The predicted molar refractivity (Wildman–Crippen MR) is 142 cm³/mol. The summed E-state index contributed by atoms with van der Waals surface area (Å²) in [5, 5.41) is 23.8. The van der Waals surface area contributed by atoms with Crippen LogP contribution < -0.4 is 10.6 Å². The number of urea groups is 1. The molecule has 0 unspecified atom stereocenters. The number of carboxylic acids is 1. The van der Waals surface area contributed by atoms with Crippen LogP contribution in [0.3, 0.4) is 0 Å². The van der Waals surface area contributed by atoms with Gasteiger partial charge in [-0.05, 0) is 49.2 Å². The molecule has 0 radical (unpaired) electrons. The molecule has 0 spiro atoms. The van der Waals surface area contributed by atoms with Crippen molar-refractivity contribution in [2.24, 2.45) is 0 Å². The molecule has 9 nitrogen and oxygen atoms in total. The fourth-order valence-corrected chi connectivity index (χ4v) is 5.16. The van der Waals surface area contributed by atoms with Crippen LogP contribution in [-0.2, 0) is 24.2 Å². The SMILES string of the molecule is CCc1cc(C(=O)c2ccccc2Cl)c(-n2c(C)nnc2CNC(=O)Nc2cccc(CC(=O)O)c2)s1. The van der Waals surface area contributed by atoms with Gasteiger partial charge in [-0.2, -0.15) is 0 Å². The lowest BCUT2D eigenvalue weighted by Gasteiger charge is -2.11. The number of nitrogens with one attached hydrogen (secondary N) is 2. The Kier molecular flexibility index (Phi) is 8.00. The van der Waals surface area contributed by atoms with Crippen molar-refractivity contribution in [1.82, 2.24) is 20.1 Å². The lowest BCUT2D eigenvalue weighted by Crippen LogP contribution is -2.29. The minimum Gasteiger partial charge on any atom is -0.481 e. The summed E-state index contributed by atoms with van der Waals surface area (Å²) in [5.74, 6) is -0.146. The Hall–Kier alpha value is -4.02. The van der Waals surface area contributed by atoms with Crippen molar-refractivity contribution in [2.45, 2.75) is 33.2 Å². The van der Waals surface area contributed by atoms with E-state index in [4.69, 9.17) is 16.7 Å². The highest BCUT2D eigenvalue weighted by molar-refractivity contribution is 7.15. The molecule has 4 aromatic rings. The van der Waals surface area contributed by atoms with Crippen LogP contribution in [0.15, 0.2) is 54.6 Å². The number of rotatable bonds is 9. The topological polar surface area (TPSA) is 126 Å². The van der Waals surface area contributed by atoms with Gasteiger partial charge in [-0.1, -0.05) is 42.8 Å². The number of carbonyl (C=O) groups excluding carboxylic acids is 2. The predicted octanol–water partition coefficient (Wildman–Crippen LogP) is 5.03. The zero-order valence-corrected chi connectivity index (χ0v) is 21.7. The molecule has 0 bridgehead atoms. The van der Waals surface area contributed by atoms with E-state index in [1.54, 1.807) is 60.0 Å². The van der Waals surface area contributed by atoms with Crippen LogP contribution in [0, 0.1) is 6.92 Å². The average Bonchev–Trinajstić information content (AvgIpc) is 3.45. The number of amides is 2. The molecule has 11 heteroatoms. The second-order valence-corrected chi connectivity index (χ2v) is 9.69. The van der Waals surface area contributed by atoms with E-state index in [9.17, 15) is 14.4 Å². The van der Waals surface area contributed by atoms with Gasteiger partial charge in [-0.25, -0.2) is 4.79 Å². The molecule has 2 heterocycles. The molecule has 2 aromatic heterocycles. The zero-order valence-electron chi connectivity index (χ0n) is 20.1. The number of ketones is 1. The third-order valence-electron chi connectivity index (χ3n) is 5.52. The second kappa shape index (κ2) is 11.4. The fourth-order valence-electron chi connectivity index (χ4n) is 3.78. The molecule has 0 saturated heterocycles. The first-order chi connectivity index (χ1) is 17.8. The van der Waals surface area contributed by atoms with Crippen LogP contribution in [0.1, 0.15) is 44.9 Å². The first-order valence-corrected chi connectivity index (χ1v) is 12.6. The summed E-state index contributed by atoms with van der Waals surface area (Å²) in [5.41, 5.74) is 1.92. The van der Waals surface area contributed by atoms with Crippen molar-refractivity contribution in [1.29, 1.82) is 0 Å². The van der Waals surface area contributed by atoms with Crippen LogP contribution in [0.25, 0.3) is 5.00 Å². The highest BCUT2D eigenvalue weighted by Crippen LogP contribution is 2.32. The van der Waals surface area contributed by atoms with Crippen LogP contribution in [-0.4, -0.2) is 37.7 Å². The van der Waals surface area contributed by atoms with Gasteiger partial charge in [0.05, 0.1) is 23.6 Å². The van der Waals surface area contributed by atoms with Crippen molar-refractivity contribution in [3.63, 3.8) is 0 Å². The highest BCUT2D eigenvalue weighted by atomic mass is 35.5. The smallest absolute Gasteiger partial charge is 0.319 e. The normalized spacial score (nSPS) is 10.8. The summed E-state index contributed by atoms with van der Waals surface area (Å²) in [6, 6.07) is 14.9. The Balaban J connectivity index is 1.56. The van der Waals surface area contributed by atoms with Crippen LogP contribution >= 0.6 is 22.9 Å². The molecule has 0 aliphatic heterocycles. The van der Waals surface area contributed by atoms with Crippen LogP contribution in [0.4, 0.5) is 10.5 Å². The van der Waals surface area contributed by atoms with Crippen molar-refractivity contribution in [3.8, 4) is 5.00 Å². The second-order valence-electron chi connectivity index (χ2n) is 8.17. The Morgan fingerprint density at radius 2 is 1.84 bits per heavy atom. The minimum atomic E-state index is -0.955. The number of nitrogens with zero attached hydrogens (tertiary/aromatic N) is 3. The molecule has 4 rings (SSSR count). The maximum Gasteiger partial charge on any atom is 0.319 e. The maximum absolute atomic E-state index is 13.5. The number of hydrogen-bond donors (Lipinski definition) is 3. The summed E-state index contributed by atoms with van der Waals surface area (Å²) >= 11 is 7.76. The molecule has 0 aliphatic carbocycles. The van der Waals surface area contributed by atoms with Gasteiger partial charge in [0.25, 0.3) is 0 Å². The third-order valence-corrected chi connectivity index (χ3v) is 7.11. The molecule has 2 amide bonds. The van der Waals surface area contributed by atoms with E-state index in [0.29, 0.717) is 44.1 Å². The fraction of sp³-hybridized carbons (Fsp3) is 0.192.